The van der Waals surface area contributed by atoms with Gasteiger partial charge in [-0.05, 0) is 24.3 Å². The standard InChI is InChI=1S/C13H14N2O7S/c14-6-1-7-15(8-12(16)17)23(20,21)11-4-2-10(3-5-11)22-9-13(18)19/h2-5H,1,7-9H2,(H,16,17)(H,18,19). The quantitative estimate of drug-likeness (QED) is 0.644. The van der Waals surface area contributed by atoms with E-state index in [-0.39, 0.29) is 23.6 Å². The number of nitrogens with zero attached hydrogens (tertiary/aromatic N) is 2. The fourth-order valence-corrected chi connectivity index (χ4v) is 3.00. The smallest absolute Gasteiger partial charge is 0.341 e. The minimum Gasteiger partial charge on any atom is -0.482 e. The number of sulfonamides is 1. The van der Waals surface area contributed by atoms with Gasteiger partial charge >= 0.3 is 11.9 Å². The van der Waals surface area contributed by atoms with Crippen LogP contribution in [0.5, 0.6) is 5.75 Å². The van der Waals surface area contributed by atoms with Gasteiger partial charge in [0.1, 0.15) is 12.3 Å². The maximum atomic E-state index is 12.4. The molecule has 0 saturated heterocycles. The number of rotatable bonds is 9. The molecule has 0 bridgehead atoms. The molecule has 10 heteroatoms. The zero-order valence-corrected chi connectivity index (χ0v) is 12.7. The van der Waals surface area contributed by atoms with Crippen molar-refractivity contribution in [1.29, 1.82) is 5.26 Å². The summed E-state index contributed by atoms with van der Waals surface area (Å²) in [7, 11) is -4.09. The maximum Gasteiger partial charge on any atom is 0.341 e. The molecule has 1 aromatic carbocycles. The molecule has 2 N–H and O–H groups in total. The Balaban J connectivity index is 2.97. The van der Waals surface area contributed by atoms with Crippen molar-refractivity contribution < 1.29 is 33.0 Å². The van der Waals surface area contributed by atoms with E-state index in [0.717, 1.165) is 0 Å². The third kappa shape index (κ3) is 5.57. The predicted octanol–water partition coefficient (Wildman–Crippen LogP) is 0.139. The van der Waals surface area contributed by atoms with Crippen LogP contribution < -0.4 is 4.74 Å². The molecule has 0 unspecified atom stereocenters. The van der Waals surface area contributed by atoms with Crippen LogP contribution >= 0.6 is 0 Å². The second kappa shape index (κ2) is 8.11. The summed E-state index contributed by atoms with van der Waals surface area (Å²) in [6.07, 6.45) is -0.147. The van der Waals surface area contributed by atoms with Crippen molar-refractivity contribution in [2.24, 2.45) is 0 Å². The summed E-state index contributed by atoms with van der Waals surface area (Å²) in [5.74, 6) is -2.35. The number of hydrogen-bond acceptors (Lipinski definition) is 6. The molecule has 0 fully saturated rings. The molecular weight excluding hydrogens is 328 g/mol. The summed E-state index contributed by atoms with van der Waals surface area (Å²) in [6.45, 7) is -1.58. The molecule has 9 nitrogen and oxygen atoms in total. The van der Waals surface area contributed by atoms with Gasteiger partial charge in [-0.2, -0.15) is 9.57 Å². The molecule has 0 atom stereocenters. The maximum absolute atomic E-state index is 12.4. The van der Waals surface area contributed by atoms with Crippen LogP contribution in [0, 0.1) is 11.3 Å². The van der Waals surface area contributed by atoms with Gasteiger partial charge in [0, 0.05) is 13.0 Å². The van der Waals surface area contributed by atoms with E-state index in [1.165, 1.54) is 24.3 Å². The van der Waals surface area contributed by atoms with Gasteiger partial charge in [-0.3, -0.25) is 4.79 Å². The Morgan fingerprint density at radius 3 is 2.26 bits per heavy atom. The number of carboxylic acids is 2. The van der Waals surface area contributed by atoms with Crippen molar-refractivity contribution in [3.8, 4) is 11.8 Å². The minimum absolute atomic E-state index is 0.147. The van der Waals surface area contributed by atoms with E-state index in [0.29, 0.717) is 4.31 Å². The topological polar surface area (TPSA) is 145 Å². The van der Waals surface area contributed by atoms with Gasteiger partial charge in [0.05, 0.1) is 11.0 Å². The van der Waals surface area contributed by atoms with Crippen molar-refractivity contribution in [2.75, 3.05) is 19.7 Å². The van der Waals surface area contributed by atoms with Crippen LogP contribution in [0.3, 0.4) is 0 Å². The fraction of sp³-hybridized carbons (Fsp3) is 0.308. The van der Waals surface area contributed by atoms with Crippen LogP contribution in [0.15, 0.2) is 29.2 Å². The van der Waals surface area contributed by atoms with Crippen LogP contribution in [-0.4, -0.2) is 54.6 Å². The van der Waals surface area contributed by atoms with Gasteiger partial charge in [0.15, 0.2) is 6.61 Å². The van der Waals surface area contributed by atoms with E-state index in [1.807, 2.05) is 0 Å². The van der Waals surface area contributed by atoms with E-state index in [1.54, 1.807) is 6.07 Å². The van der Waals surface area contributed by atoms with Crippen molar-refractivity contribution in [1.82, 2.24) is 4.31 Å². The summed E-state index contributed by atoms with van der Waals surface area (Å²) < 4.78 is 30.3. The average Bonchev–Trinajstić information content (AvgIpc) is 2.49. The van der Waals surface area contributed by atoms with E-state index < -0.39 is 35.1 Å². The molecule has 0 aliphatic rings. The van der Waals surface area contributed by atoms with E-state index in [4.69, 9.17) is 20.2 Å². The number of carboxylic acid groups (broad SMARTS) is 2. The Morgan fingerprint density at radius 1 is 1.17 bits per heavy atom. The molecule has 1 aromatic rings. The Labute approximate surface area is 132 Å². The zero-order valence-electron chi connectivity index (χ0n) is 11.9. The lowest BCUT2D eigenvalue weighted by Crippen LogP contribution is -2.36. The molecule has 0 saturated carbocycles. The number of nitriles is 1. The first-order valence-electron chi connectivity index (χ1n) is 6.31. The lowest BCUT2D eigenvalue weighted by molar-refractivity contribution is -0.139. The molecule has 0 amide bonds. The van der Waals surface area contributed by atoms with Gasteiger partial charge in [-0.1, -0.05) is 0 Å². The van der Waals surface area contributed by atoms with Gasteiger partial charge in [-0.25, -0.2) is 13.2 Å². The second-order valence-corrected chi connectivity index (χ2v) is 6.23. The second-order valence-electron chi connectivity index (χ2n) is 4.29. The molecule has 0 heterocycles. The predicted molar refractivity (Wildman–Crippen MR) is 76.2 cm³/mol. The first-order chi connectivity index (χ1) is 10.8. The normalized spacial score (nSPS) is 11.0. The lowest BCUT2D eigenvalue weighted by atomic mass is 10.3. The van der Waals surface area contributed by atoms with E-state index >= 15 is 0 Å². The number of carbonyl (C=O) groups is 2. The van der Waals surface area contributed by atoms with Crippen molar-refractivity contribution in [3.63, 3.8) is 0 Å². The largest absolute Gasteiger partial charge is 0.482 e. The Bertz CT molecular complexity index is 707. The minimum atomic E-state index is -4.09. The van der Waals surface area contributed by atoms with E-state index in [2.05, 4.69) is 0 Å². The van der Waals surface area contributed by atoms with Gasteiger partial charge in [0.2, 0.25) is 10.0 Å². The SMILES string of the molecule is N#CCCN(CC(=O)O)S(=O)(=O)c1ccc(OCC(=O)O)cc1. The van der Waals surface area contributed by atoms with Crippen molar-refractivity contribution >= 4 is 22.0 Å². The van der Waals surface area contributed by atoms with Gasteiger partial charge in [-0.15, -0.1) is 0 Å². The molecule has 0 aliphatic heterocycles. The Morgan fingerprint density at radius 2 is 1.78 bits per heavy atom. The molecule has 0 spiro atoms. The summed E-state index contributed by atoms with van der Waals surface area (Å²) in [6, 6.07) is 6.63. The summed E-state index contributed by atoms with van der Waals surface area (Å²) in [5, 5.41) is 25.8. The fourth-order valence-electron chi connectivity index (χ4n) is 1.61. The molecule has 124 valence electrons. The highest BCUT2D eigenvalue weighted by atomic mass is 32.2. The molecule has 1 rings (SSSR count). The van der Waals surface area contributed by atoms with Gasteiger partial charge < -0.3 is 14.9 Å². The summed E-state index contributed by atoms with van der Waals surface area (Å²) in [4.78, 5) is 21.0. The van der Waals surface area contributed by atoms with E-state index in [9.17, 15) is 18.0 Å². The number of benzene rings is 1. The van der Waals surface area contributed by atoms with Crippen LogP contribution in [-0.2, 0) is 19.6 Å². The van der Waals surface area contributed by atoms with Crippen LogP contribution in [0.4, 0.5) is 0 Å². The summed E-state index contributed by atoms with van der Waals surface area (Å²) in [5.41, 5.74) is 0. The third-order valence-corrected chi connectivity index (χ3v) is 4.47. The number of ether oxygens (including phenoxy) is 1. The zero-order chi connectivity index (χ0) is 17.5. The molecule has 0 radical (unpaired) electrons. The molecular formula is C13H14N2O7S. The molecule has 0 aliphatic carbocycles. The first-order valence-corrected chi connectivity index (χ1v) is 7.75. The third-order valence-electron chi connectivity index (χ3n) is 2.61. The number of hydrogen-bond donors (Lipinski definition) is 2. The highest BCUT2D eigenvalue weighted by Crippen LogP contribution is 2.20. The molecule has 23 heavy (non-hydrogen) atoms. The van der Waals surface area contributed by atoms with Crippen LogP contribution in [0.1, 0.15) is 6.42 Å². The first kappa shape index (κ1) is 18.4. The Hall–Kier alpha value is -2.64. The number of aliphatic carboxylic acids is 2. The van der Waals surface area contributed by atoms with Crippen molar-refractivity contribution in [2.45, 2.75) is 11.3 Å². The van der Waals surface area contributed by atoms with Crippen molar-refractivity contribution in [3.05, 3.63) is 24.3 Å². The van der Waals surface area contributed by atoms with Crippen LogP contribution in [0.25, 0.3) is 0 Å². The monoisotopic (exact) mass is 342 g/mol. The Kier molecular flexibility index (Phi) is 6.49. The average molecular weight is 342 g/mol. The highest BCUT2D eigenvalue weighted by molar-refractivity contribution is 7.89. The lowest BCUT2D eigenvalue weighted by Gasteiger charge is -2.19. The van der Waals surface area contributed by atoms with Crippen LogP contribution in [0.2, 0.25) is 0 Å². The molecule has 0 aromatic heterocycles. The summed E-state index contributed by atoms with van der Waals surface area (Å²) >= 11 is 0. The highest BCUT2D eigenvalue weighted by Gasteiger charge is 2.26. The van der Waals surface area contributed by atoms with Gasteiger partial charge in [0.25, 0.3) is 0 Å².